The summed E-state index contributed by atoms with van der Waals surface area (Å²) in [6, 6.07) is 6.42. The summed E-state index contributed by atoms with van der Waals surface area (Å²) in [7, 11) is 1.52. The molecule has 5 atom stereocenters. The van der Waals surface area contributed by atoms with Crippen LogP contribution < -0.4 is 14.8 Å². The number of rotatable bonds is 10. The highest BCUT2D eigenvalue weighted by Crippen LogP contribution is 2.47. The number of carbonyl (C=O) groups excluding carboxylic acids is 3. The molecule has 2 aliphatic carbocycles. The molecule has 250 valence electrons. The molecular formula is C35H39F2N3O7. The third-order valence-corrected chi connectivity index (χ3v) is 8.51. The maximum absolute atomic E-state index is 14.2. The van der Waals surface area contributed by atoms with E-state index >= 15 is 0 Å². The second-order valence-electron chi connectivity index (χ2n) is 13.0. The van der Waals surface area contributed by atoms with Gasteiger partial charge in [-0.15, -0.1) is 6.58 Å². The number of esters is 2. The van der Waals surface area contributed by atoms with E-state index in [0.717, 1.165) is 18.2 Å². The number of aryl methyl sites for hydroxylation is 1. The number of hydrogen-bond acceptors (Lipinski definition) is 9. The number of halogens is 2. The topological polar surface area (TPSA) is 126 Å². The minimum Gasteiger partial charge on any atom is -0.496 e. The zero-order valence-corrected chi connectivity index (χ0v) is 27.3. The van der Waals surface area contributed by atoms with Crippen molar-refractivity contribution >= 4 is 28.7 Å². The lowest BCUT2D eigenvalue weighted by molar-refractivity contribution is -0.163. The normalized spacial score (nSPS) is 23.6. The number of benzene rings is 2. The Kier molecular flexibility index (Phi) is 9.25. The lowest BCUT2D eigenvalue weighted by Crippen LogP contribution is -2.49. The molecule has 2 aliphatic rings. The Hall–Kier alpha value is -4.61. The van der Waals surface area contributed by atoms with E-state index in [1.54, 1.807) is 52.8 Å². The molecule has 0 radical (unpaired) electrons. The highest BCUT2D eigenvalue weighted by Gasteiger charge is 2.62. The number of methoxy groups -OCH3 is 1. The van der Waals surface area contributed by atoms with E-state index in [1.807, 2.05) is 0 Å². The van der Waals surface area contributed by atoms with Crippen molar-refractivity contribution in [3.05, 3.63) is 60.2 Å². The first-order valence-corrected chi connectivity index (χ1v) is 15.5. The van der Waals surface area contributed by atoms with Gasteiger partial charge in [0.25, 0.3) is 0 Å². The second kappa shape index (κ2) is 12.9. The zero-order valence-electron chi connectivity index (χ0n) is 27.3. The lowest BCUT2D eigenvalue weighted by atomic mass is 9.94. The molecule has 3 aromatic rings. The average Bonchev–Trinajstić information content (AvgIpc) is 3.55. The van der Waals surface area contributed by atoms with E-state index in [1.165, 1.54) is 7.11 Å². The van der Waals surface area contributed by atoms with Crippen molar-refractivity contribution in [1.82, 2.24) is 15.3 Å². The summed E-state index contributed by atoms with van der Waals surface area (Å²) in [5.41, 5.74) is -0.887. The molecule has 0 aliphatic heterocycles. The van der Waals surface area contributed by atoms with Gasteiger partial charge in [0.15, 0.2) is 5.82 Å². The predicted molar refractivity (Wildman–Crippen MR) is 168 cm³/mol. The van der Waals surface area contributed by atoms with Gasteiger partial charge in [-0.2, -0.15) is 4.98 Å². The van der Waals surface area contributed by atoms with Gasteiger partial charge >= 0.3 is 11.9 Å². The summed E-state index contributed by atoms with van der Waals surface area (Å²) in [5, 5.41) is 3.36. The van der Waals surface area contributed by atoms with Crippen LogP contribution in [0.1, 0.15) is 52.5 Å². The van der Waals surface area contributed by atoms with Crippen LogP contribution in [0.2, 0.25) is 0 Å². The summed E-state index contributed by atoms with van der Waals surface area (Å²) < 4.78 is 51.3. The third kappa shape index (κ3) is 6.91. The third-order valence-electron chi connectivity index (χ3n) is 8.51. The number of nitrogens with one attached hydrogen (secondary N) is 1. The Labute approximate surface area is 271 Å². The van der Waals surface area contributed by atoms with Crippen LogP contribution >= 0.6 is 0 Å². The fourth-order valence-electron chi connectivity index (χ4n) is 6.16. The van der Waals surface area contributed by atoms with E-state index in [9.17, 15) is 23.2 Å². The van der Waals surface area contributed by atoms with Crippen LogP contribution in [0.3, 0.4) is 0 Å². The Morgan fingerprint density at radius 3 is 2.36 bits per heavy atom. The fourth-order valence-corrected chi connectivity index (χ4v) is 6.16. The number of hydrogen-bond donors (Lipinski definition) is 1. The monoisotopic (exact) mass is 651 g/mol. The van der Waals surface area contributed by atoms with E-state index < -0.39 is 58.6 Å². The Bertz CT molecular complexity index is 1720. The molecule has 1 aromatic heterocycles. The smallest absolute Gasteiger partial charge is 0.332 e. The zero-order chi connectivity index (χ0) is 34.3. The average molecular weight is 652 g/mol. The number of ether oxygens (including phenoxy) is 4. The summed E-state index contributed by atoms with van der Waals surface area (Å²) >= 11 is 0. The molecule has 1 amide bonds. The van der Waals surface area contributed by atoms with Gasteiger partial charge in [-0.1, -0.05) is 6.08 Å². The van der Waals surface area contributed by atoms with Crippen LogP contribution in [0, 0.1) is 36.3 Å². The first-order valence-electron chi connectivity index (χ1n) is 15.5. The predicted octanol–water partition coefficient (Wildman–Crippen LogP) is 5.63. The molecule has 0 unspecified atom stereocenters. The minimum atomic E-state index is -1.25. The molecule has 2 aromatic carbocycles. The molecule has 0 bridgehead atoms. The van der Waals surface area contributed by atoms with Gasteiger partial charge in [0.1, 0.15) is 34.6 Å². The van der Waals surface area contributed by atoms with Gasteiger partial charge in [0.05, 0.1) is 36.5 Å². The number of fused-ring (bicyclic) bond motifs is 1. The molecule has 1 N–H and O–H groups in total. The SMILES string of the molecule is C=C[C@@H]1C[C@]1(NC(=O)[C@@H]1C[C@@H](Oc2nc(-c3cc(F)cc(F)c3)nc3c(C)c(OC)ccc23)C[C@H]1C(=O)OC(C)(C)C)C(=O)OCC. The van der Waals surface area contributed by atoms with Crippen LogP contribution in [-0.4, -0.2) is 58.8 Å². The first-order chi connectivity index (χ1) is 22.2. The number of aromatic nitrogens is 2. The van der Waals surface area contributed by atoms with E-state index in [4.69, 9.17) is 18.9 Å². The molecule has 12 heteroatoms. The summed E-state index contributed by atoms with van der Waals surface area (Å²) in [5.74, 6) is -4.69. The molecule has 1 heterocycles. The number of amides is 1. The second-order valence-corrected chi connectivity index (χ2v) is 13.0. The van der Waals surface area contributed by atoms with Crippen LogP contribution in [-0.2, 0) is 23.9 Å². The molecule has 0 spiro atoms. The molecule has 2 fully saturated rings. The van der Waals surface area contributed by atoms with Gasteiger partial charge in [-0.05, 0) is 78.1 Å². The van der Waals surface area contributed by atoms with Crippen molar-refractivity contribution in [1.29, 1.82) is 0 Å². The van der Waals surface area contributed by atoms with Gasteiger partial charge < -0.3 is 24.3 Å². The van der Waals surface area contributed by atoms with Crippen molar-refractivity contribution in [2.24, 2.45) is 17.8 Å². The van der Waals surface area contributed by atoms with Crippen molar-refractivity contribution < 1.29 is 42.1 Å². The lowest BCUT2D eigenvalue weighted by Gasteiger charge is -2.25. The van der Waals surface area contributed by atoms with Crippen LogP contribution in [0.15, 0.2) is 43.0 Å². The maximum atomic E-state index is 14.2. The largest absolute Gasteiger partial charge is 0.496 e. The highest BCUT2D eigenvalue weighted by molar-refractivity contribution is 5.94. The maximum Gasteiger partial charge on any atom is 0.332 e. The summed E-state index contributed by atoms with van der Waals surface area (Å²) in [6.45, 7) is 12.6. The van der Waals surface area contributed by atoms with Crippen LogP contribution in [0.5, 0.6) is 11.6 Å². The standard InChI is InChI=1S/C35H39F2N3O7/c1-8-20-17-35(20,33(43)45-9-2)40-30(41)25-15-23(16-26(25)32(42)47-34(4,5)6)46-31-24-10-11-27(44-7)18(3)28(24)38-29(39-31)19-12-21(36)14-22(37)13-19/h8,10-14,20,23,25-26H,1,9,15-17H2,2-7H3,(H,40,41)/t20-,23-,25-,26-,35-/m1/s1. The summed E-state index contributed by atoms with van der Waals surface area (Å²) in [4.78, 5) is 49.3. The van der Waals surface area contributed by atoms with E-state index in [2.05, 4.69) is 21.9 Å². The fraction of sp³-hybridized carbons (Fsp3) is 0.457. The quantitative estimate of drug-likeness (QED) is 0.219. The first kappa shape index (κ1) is 33.7. The molecule has 0 saturated heterocycles. The Morgan fingerprint density at radius 2 is 1.77 bits per heavy atom. The Balaban J connectivity index is 1.51. The molecule has 47 heavy (non-hydrogen) atoms. The number of nitrogens with zero attached hydrogens (tertiary/aromatic N) is 2. The van der Waals surface area contributed by atoms with E-state index in [-0.39, 0.29) is 42.6 Å². The number of carbonyl (C=O) groups is 3. The minimum absolute atomic E-state index is 0.0128. The molecule has 10 nitrogen and oxygen atoms in total. The van der Waals surface area contributed by atoms with E-state index in [0.29, 0.717) is 28.6 Å². The highest BCUT2D eigenvalue weighted by atomic mass is 19.1. The van der Waals surface area contributed by atoms with Gasteiger partial charge in [-0.3, -0.25) is 9.59 Å². The van der Waals surface area contributed by atoms with Crippen LogP contribution in [0.4, 0.5) is 8.78 Å². The molecular weight excluding hydrogens is 612 g/mol. The van der Waals surface area contributed by atoms with Crippen molar-refractivity contribution in [3.63, 3.8) is 0 Å². The van der Waals surface area contributed by atoms with Crippen molar-refractivity contribution in [3.8, 4) is 23.0 Å². The molecule has 5 rings (SSSR count). The van der Waals surface area contributed by atoms with Crippen LogP contribution in [0.25, 0.3) is 22.3 Å². The van der Waals surface area contributed by atoms with Crippen molar-refractivity contribution in [2.45, 2.75) is 71.1 Å². The van der Waals surface area contributed by atoms with Gasteiger partial charge in [-0.25, -0.2) is 18.6 Å². The van der Waals surface area contributed by atoms with Crippen molar-refractivity contribution in [2.75, 3.05) is 13.7 Å². The molecule has 2 saturated carbocycles. The van der Waals surface area contributed by atoms with Gasteiger partial charge in [0.2, 0.25) is 11.8 Å². The Morgan fingerprint density at radius 1 is 1.09 bits per heavy atom. The summed E-state index contributed by atoms with van der Waals surface area (Å²) in [6.07, 6.45) is 1.44. The van der Waals surface area contributed by atoms with Gasteiger partial charge in [0, 0.05) is 23.1 Å².